The van der Waals surface area contributed by atoms with Gasteiger partial charge < -0.3 is 29.5 Å². The van der Waals surface area contributed by atoms with E-state index in [2.05, 4.69) is 20.9 Å². The Hall–Kier alpha value is -4.86. The average molecular weight is 460 g/mol. The lowest BCUT2D eigenvalue weighted by Gasteiger charge is -2.11. The van der Waals surface area contributed by atoms with E-state index in [1.807, 2.05) is 0 Å². The first-order chi connectivity index (χ1) is 16.5. The zero-order valence-electron chi connectivity index (χ0n) is 18.0. The molecule has 0 radical (unpaired) electrons. The molecule has 3 N–H and O–H groups in total. The highest BCUT2D eigenvalue weighted by Gasteiger charge is 2.17. The highest BCUT2D eigenvalue weighted by Crippen LogP contribution is 2.32. The van der Waals surface area contributed by atoms with Crippen LogP contribution in [-0.2, 0) is 16.1 Å². The normalized spacial score (nSPS) is 10.4. The quantitative estimate of drug-likeness (QED) is 0.359. The van der Waals surface area contributed by atoms with E-state index in [4.69, 9.17) is 13.6 Å². The van der Waals surface area contributed by atoms with Gasteiger partial charge in [0, 0.05) is 24.0 Å². The molecule has 4 rings (SSSR count). The third-order valence-electron chi connectivity index (χ3n) is 4.75. The molecule has 0 saturated carbocycles. The number of hydrogen-bond acceptors (Lipinski definition) is 7. The van der Waals surface area contributed by atoms with Crippen molar-refractivity contribution in [2.24, 2.45) is 0 Å². The highest BCUT2D eigenvalue weighted by atomic mass is 16.5. The number of nitrogens with zero attached hydrogens (tertiary/aromatic N) is 1. The number of furan rings is 1. The minimum absolute atomic E-state index is 0.201. The number of oxazole rings is 1. The fourth-order valence-electron chi connectivity index (χ4n) is 3.13. The largest absolute Gasteiger partial charge is 0.496 e. The molecular formula is C24H20N4O6. The summed E-state index contributed by atoms with van der Waals surface area (Å²) in [6.07, 6.45) is 4.26. The van der Waals surface area contributed by atoms with E-state index in [9.17, 15) is 14.4 Å². The Morgan fingerprint density at radius 2 is 1.74 bits per heavy atom. The van der Waals surface area contributed by atoms with Gasteiger partial charge >= 0.3 is 11.8 Å². The maximum atomic E-state index is 12.4. The zero-order valence-corrected chi connectivity index (χ0v) is 18.0. The van der Waals surface area contributed by atoms with Crippen molar-refractivity contribution in [1.29, 1.82) is 0 Å². The first-order valence-electron chi connectivity index (χ1n) is 10.1. The van der Waals surface area contributed by atoms with Crippen molar-refractivity contribution in [1.82, 2.24) is 10.3 Å². The molecule has 0 aliphatic rings. The lowest BCUT2D eigenvalue weighted by atomic mass is 10.1. The van der Waals surface area contributed by atoms with Crippen LogP contribution in [0.1, 0.15) is 16.1 Å². The van der Waals surface area contributed by atoms with Crippen molar-refractivity contribution in [3.05, 3.63) is 84.8 Å². The summed E-state index contributed by atoms with van der Waals surface area (Å²) in [6, 6.07) is 14.8. The molecule has 0 unspecified atom stereocenters. The number of benzene rings is 2. The topological polar surface area (TPSA) is 136 Å². The van der Waals surface area contributed by atoms with Gasteiger partial charge in [0.25, 0.3) is 5.91 Å². The van der Waals surface area contributed by atoms with Crippen LogP contribution >= 0.6 is 0 Å². The number of carbonyl (C=O) groups excluding carboxylic acids is 3. The van der Waals surface area contributed by atoms with Crippen molar-refractivity contribution in [3.63, 3.8) is 0 Å². The second-order valence-corrected chi connectivity index (χ2v) is 7.05. The van der Waals surface area contributed by atoms with Gasteiger partial charge in [-0.1, -0.05) is 12.1 Å². The predicted octanol–water partition coefficient (Wildman–Crippen LogP) is 3.45. The molecule has 0 atom stereocenters. The number of aromatic nitrogens is 1. The van der Waals surface area contributed by atoms with Gasteiger partial charge in [-0.3, -0.25) is 14.4 Å². The number of hydrogen-bond donors (Lipinski definition) is 3. The van der Waals surface area contributed by atoms with E-state index in [0.717, 1.165) is 5.56 Å². The third kappa shape index (κ3) is 5.30. The summed E-state index contributed by atoms with van der Waals surface area (Å²) < 4.78 is 15.7. The summed E-state index contributed by atoms with van der Waals surface area (Å²) in [4.78, 5) is 40.7. The lowest BCUT2D eigenvalue weighted by molar-refractivity contribution is -0.132. The number of ether oxygens (including phenoxy) is 1. The fraction of sp³-hybridized carbons (Fsp3) is 0.0833. The summed E-state index contributed by atoms with van der Waals surface area (Å²) in [5.74, 6) is -0.914. The molecule has 0 bridgehead atoms. The van der Waals surface area contributed by atoms with Crippen LogP contribution in [0.25, 0.3) is 11.3 Å². The van der Waals surface area contributed by atoms with Crippen molar-refractivity contribution in [2.45, 2.75) is 6.54 Å². The van der Waals surface area contributed by atoms with Crippen molar-refractivity contribution in [2.75, 3.05) is 17.7 Å². The average Bonchev–Trinajstić information content (AvgIpc) is 3.57. The highest BCUT2D eigenvalue weighted by molar-refractivity contribution is 6.43. The number of nitrogens with one attached hydrogen (secondary N) is 3. The smallest absolute Gasteiger partial charge is 0.314 e. The summed E-state index contributed by atoms with van der Waals surface area (Å²) in [5, 5.41) is 7.79. The molecule has 34 heavy (non-hydrogen) atoms. The van der Waals surface area contributed by atoms with Crippen molar-refractivity contribution >= 4 is 29.1 Å². The monoisotopic (exact) mass is 460 g/mol. The molecule has 0 saturated heterocycles. The van der Waals surface area contributed by atoms with Crippen molar-refractivity contribution < 1.29 is 28.0 Å². The van der Waals surface area contributed by atoms with Crippen LogP contribution in [-0.4, -0.2) is 29.8 Å². The first-order valence-corrected chi connectivity index (χ1v) is 10.1. The molecule has 2 heterocycles. The van der Waals surface area contributed by atoms with Gasteiger partial charge in [0.15, 0.2) is 17.9 Å². The molecule has 0 aliphatic heterocycles. The summed E-state index contributed by atoms with van der Waals surface area (Å²) >= 11 is 0. The minimum atomic E-state index is -0.856. The van der Waals surface area contributed by atoms with E-state index < -0.39 is 11.8 Å². The van der Waals surface area contributed by atoms with Crippen molar-refractivity contribution in [3.8, 4) is 17.1 Å². The first kappa shape index (κ1) is 22.3. The number of rotatable bonds is 7. The Labute approximate surface area is 193 Å². The van der Waals surface area contributed by atoms with E-state index >= 15 is 0 Å². The summed E-state index contributed by atoms with van der Waals surface area (Å²) in [7, 11) is 1.48. The van der Waals surface area contributed by atoms with Gasteiger partial charge in [0.1, 0.15) is 5.75 Å². The summed E-state index contributed by atoms with van der Waals surface area (Å²) in [5.41, 5.74) is 2.15. The van der Waals surface area contributed by atoms with E-state index in [1.54, 1.807) is 60.8 Å². The van der Waals surface area contributed by atoms with Crippen LogP contribution in [0.15, 0.2) is 82.3 Å². The molecule has 0 aliphatic carbocycles. The maximum Gasteiger partial charge on any atom is 0.314 e. The van der Waals surface area contributed by atoms with Gasteiger partial charge in [-0.15, -0.1) is 0 Å². The molecule has 3 amide bonds. The number of amides is 3. The van der Waals surface area contributed by atoms with Crippen LogP contribution in [0.4, 0.5) is 11.4 Å². The van der Waals surface area contributed by atoms with E-state index in [0.29, 0.717) is 28.4 Å². The van der Waals surface area contributed by atoms with Crippen LogP contribution in [0, 0.1) is 0 Å². The van der Waals surface area contributed by atoms with E-state index in [-0.39, 0.29) is 18.2 Å². The second kappa shape index (κ2) is 10.2. The Morgan fingerprint density at radius 1 is 0.941 bits per heavy atom. The molecule has 0 spiro atoms. The van der Waals surface area contributed by atoms with Crippen LogP contribution < -0.4 is 20.7 Å². The molecule has 10 heteroatoms. The fourth-order valence-corrected chi connectivity index (χ4v) is 3.13. The molecule has 4 aromatic rings. The third-order valence-corrected chi connectivity index (χ3v) is 4.75. The van der Waals surface area contributed by atoms with Gasteiger partial charge in [-0.2, -0.15) is 0 Å². The number of methoxy groups -OCH3 is 1. The SMILES string of the molecule is COc1cc(NC(=O)C(=O)Nc2cccc(CNC(=O)c3ccco3)c2)ccc1-c1cnco1. The Bertz CT molecular complexity index is 1300. The standard InChI is InChI=1S/C24H20N4O6/c1-32-20-11-17(7-8-18(20)21-13-25-14-34-21)28-24(31)23(30)27-16-5-2-4-15(10-16)12-26-22(29)19-6-3-9-33-19/h2-11,13-14H,12H2,1H3,(H,26,29)(H,27,30)(H,28,31). The van der Waals surface area contributed by atoms with Gasteiger partial charge in [0.2, 0.25) is 0 Å². The molecule has 0 fully saturated rings. The lowest BCUT2D eigenvalue weighted by Crippen LogP contribution is -2.29. The Kier molecular flexibility index (Phi) is 6.68. The molecule has 10 nitrogen and oxygen atoms in total. The Morgan fingerprint density at radius 3 is 2.41 bits per heavy atom. The van der Waals surface area contributed by atoms with Gasteiger partial charge in [0.05, 0.1) is 25.1 Å². The van der Waals surface area contributed by atoms with Crippen LogP contribution in [0.5, 0.6) is 5.75 Å². The predicted molar refractivity (Wildman–Crippen MR) is 122 cm³/mol. The molecule has 2 aromatic carbocycles. The van der Waals surface area contributed by atoms with Gasteiger partial charge in [-0.25, -0.2) is 4.98 Å². The van der Waals surface area contributed by atoms with Gasteiger partial charge in [-0.05, 0) is 42.0 Å². The molecular weight excluding hydrogens is 440 g/mol. The minimum Gasteiger partial charge on any atom is -0.496 e. The zero-order chi connectivity index (χ0) is 23.9. The van der Waals surface area contributed by atoms with Crippen LogP contribution in [0.3, 0.4) is 0 Å². The molecule has 172 valence electrons. The second-order valence-electron chi connectivity index (χ2n) is 7.05. The maximum absolute atomic E-state index is 12.4. The van der Waals surface area contributed by atoms with Crippen LogP contribution in [0.2, 0.25) is 0 Å². The molecule has 2 aromatic heterocycles. The summed E-state index contributed by atoms with van der Waals surface area (Å²) in [6.45, 7) is 0.215. The van der Waals surface area contributed by atoms with E-state index in [1.165, 1.54) is 19.8 Å². The Balaban J connectivity index is 1.36. The number of carbonyl (C=O) groups is 3. The number of anilines is 2.